The monoisotopic (exact) mass is 454 g/mol. The fourth-order valence-corrected chi connectivity index (χ4v) is 2.67. The minimum absolute atomic E-state index is 0. The summed E-state index contributed by atoms with van der Waals surface area (Å²) in [4.78, 5) is 7.18. The van der Waals surface area contributed by atoms with Crippen LogP contribution in [0.4, 0.5) is 0 Å². The highest BCUT2D eigenvalue weighted by Crippen LogP contribution is 2.28. The second kappa shape index (κ2) is 14.1. The van der Waals surface area contributed by atoms with E-state index in [9.17, 15) is 0 Å². The van der Waals surface area contributed by atoms with Crippen molar-refractivity contribution in [3.8, 4) is 0 Å². The lowest BCUT2D eigenvalue weighted by Crippen LogP contribution is -2.40. The van der Waals surface area contributed by atoms with E-state index in [4.69, 9.17) is 4.74 Å². The zero-order chi connectivity index (χ0) is 17.1. The molecule has 144 valence electrons. The van der Waals surface area contributed by atoms with Crippen LogP contribution in [0.5, 0.6) is 0 Å². The van der Waals surface area contributed by atoms with Gasteiger partial charge in [-0.1, -0.05) is 0 Å². The zero-order valence-corrected chi connectivity index (χ0v) is 18.6. The molecular formula is C18H39IN4O. The molecule has 0 aromatic carbocycles. The van der Waals surface area contributed by atoms with Crippen molar-refractivity contribution in [2.45, 2.75) is 66.0 Å². The van der Waals surface area contributed by atoms with Gasteiger partial charge in [0.05, 0.1) is 6.61 Å². The number of nitrogens with zero attached hydrogens (tertiary/aromatic N) is 2. The van der Waals surface area contributed by atoms with Gasteiger partial charge in [-0.3, -0.25) is 9.89 Å². The predicted octanol–water partition coefficient (Wildman–Crippen LogP) is 3.10. The molecule has 1 saturated carbocycles. The highest BCUT2D eigenvalue weighted by Gasteiger charge is 2.20. The van der Waals surface area contributed by atoms with Gasteiger partial charge in [-0.2, -0.15) is 0 Å². The van der Waals surface area contributed by atoms with Gasteiger partial charge >= 0.3 is 0 Å². The van der Waals surface area contributed by atoms with Gasteiger partial charge in [0.1, 0.15) is 0 Å². The first kappa shape index (κ1) is 23.9. The van der Waals surface area contributed by atoms with Crippen LogP contribution in [-0.4, -0.2) is 62.3 Å². The van der Waals surface area contributed by atoms with E-state index in [1.165, 1.54) is 12.8 Å². The third-order valence-corrected chi connectivity index (χ3v) is 4.10. The maximum absolute atomic E-state index is 5.64. The van der Waals surface area contributed by atoms with Gasteiger partial charge in [0.15, 0.2) is 5.96 Å². The van der Waals surface area contributed by atoms with Crippen molar-refractivity contribution in [1.29, 1.82) is 0 Å². The van der Waals surface area contributed by atoms with Gasteiger partial charge in [-0.05, 0) is 59.8 Å². The minimum atomic E-state index is 0. The van der Waals surface area contributed by atoms with E-state index in [0.29, 0.717) is 12.1 Å². The van der Waals surface area contributed by atoms with Crippen molar-refractivity contribution < 1.29 is 4.74 Å². The highest BCUT2D eigenvalue weighted by molar-refractivity contribution is 14.0. The van der Waals surface area contributed by atoms with Crippen molar-refractivity contribution >= 4 is 29.9 Å². The fraction of sp³-hybridized carbons (Fsp3) is 0.944. The molecule has 0 aliphatic heterocycles. The molecule has 0 unspecified atom stereocenters. The Morgan fingerprint density at radius 3 is 2.38 bits per heavy atom. The average molecular weight is 454 g/mol. The topological polar surface area (TPSA) is 48.9 Å². The molecule has 0 bridgehead atoms. The van der Waals surface area contributed by atoms with Gasteiger partial charge in [-0.25, -0.2) is 0 Å². The van der Waals surface area contributed by atoms with E-state index >= 15 is 0 Å². The molecule has 0 saturated heterocycles. The maximum Gasteiger partial charge on any atom is 0.191 e. The first-order chi connectivity index (χ1) is 11.0. The van der Waals surface area contributed by atoms with E-state index in [1.54, 1.807) is 0 Å². The van der Waals surface area contributed by atoms with Gasteiger partial charge < -0.3 is 15.4 Å². The van der Waals surface area contributed by atoms with Crippen LogP contribution in [0.25, 0.3) is 0 Å². The zero-order valence-electron chi connectivity index (χ0n) is 16.3. The molecule has 1 aliphatic carbocycles. The predicted molar refractivity (Wildman–Crippen MR) is 115 cm³/mol. The summed E-state index contributed by atoms with van der Waals surface area (Å²) in [5, 5.41) is 6.65. The van der Waals surface area contributed by atoms with Crippen LogP contribution in [0.15, 0.2) is 4.99 Å². The third kappa shape index (κ3) is 11.5. The van der Waals surface area contributed by atoms with Crippen LogP contribution in [0.1, 0.15) is 53.9 Å². The standard InChI is InChI=1S/C18H38N4O.HI/c1-6-19-18(21-11-13-23-14-17-8-9-17)20-10-7-12-22(15(2)3)16(4)5;/h15-17H,6-14H2,1-5H3,(H2,19,20,21);1H. The average Bonchev–Trinajstić information content (AvgIpc) is 3.29. The Morgan fingerprint density at radius 2 is 1.83 bits per heavy atom. The largest absolute Gasteiger partial charge is 0.379 e. The molecule has 0 atom stereocenters. The quantitative estimate of drug-likeness (QED) is 0.206. The summed E-state index contributed by atoms with van der Waals surface area (Å²) < 4.78 is 5.64. The first-order valence-electron chi connectivity index (χ1n) is 9.40. The minimum Gasteiger partial charge on any atom is -0.379 e. The van der Waals surface area contributed by atoms with Crippen molar-refractivity contribution in [3.63, 3.8) is 0 Å². The lowest BCUT2D eigenvalue weighted by molar-refractivity contribution is 0.129. The first-order valence-corrected chi connectivity index (χ1v) is 9.40. The Morgan fingerprint density at radius 1 is 1.17 bits per heavy atom. The van der Waals surface area contributed by atoms with E-state index in [0.717, 1.165) is 57.7 Å². The summed E-state index contributed by atoms with van der Waals surface area (Å²) in [6, 6.07) is 1.18. The highest BCUT2D eigenvalue weighted by atomic mass is 127. The van der Waals surface area contributed by atoms with Crippen molar-refractivity contribution in [3.05, 3.63) is 0 Å². The number of guanidine groups is 1. The Kier molecular flexibility index (Phi) is 14.1. The molecule has 6 heteroatoms. The van der Waals surface area contributed by atoms with Gasteiger partial charge in [0, 0.05) is 44.9 Å². The summed E-state index contributed by atoms with van der Waals surface area (Å²) in [5.74, 6) is 1.74. The number of aliphatic imine (C=N–C) groups is 1. The van der Waals surface area contributed by atoms with Crippen molar-refractivity contribution in [1.82, 2.24) is 15.5 Å². The lowest BCUT2D eigenvalue weighted by Gasteiger charge is -2.30. The summed E-state index contributed by atoms with van der Waals surface area (Å²) >= 11 is 0. The summed E-state index contributed by atoms with van der Waals surface area (Å²) in [6.45, 7) is 16.5. The number of halogens is 1. The summed E-state index contributed by atoms with van der Waals surface area (Å²) in [7, 11) is 0. The Bertz CT molecular complexity index is 325. The van der Waals surface area contributed by atoms with E-state index in [-0.39, 0.29) is 24.0 Å². The van der Waals surface area contributed by atoms with Crippen LogP contribution < -0.4 is 10.6 Å². The molecule has 0 spiro atoms. The number of rotatable bonds is 12. The number of hydrogen-bond acceptors (Lipinski definition) is 3. The van der Waals surface area contributed by atoms with Crippen LogP contribution in [0.2, 0.25) is 0 Å². The summed E-state index contributed by atoms with van der Waals surface area (Å²) in [6.07, 6.45) is 3.79. The maximum atomic E-state index is 5.64. The molecule has 1 aliphatic rings. The van der Waals surface area contributed by atoms with Gasteiger partial charge in [-0.15, -0.1) is 24.0 Å². The molecule has 2 N–H and O–H groups in total. The molecule has 0 aromatic rings. The van der Waals surface area contributed by atoms with Crippen LogP contribution in [-0.2, 0) is 4.74 Å². The van der Waals surface area contributed by atoms with Crippen LogP contribution in [0, 0.1) is 5.92 Å². The summed E-state index contributed by atoms with van der Waals surface area (Å²) in [5.41, 5.74) is 0. The smallest absolute Gasteiger partial charge is 0.191 e. The molecule has 1 fully saturated rings. The normalized spacial score (nSPS) is 15.1. The molecular weight excluding hydrogens is 415 g/mol. The SMILES string of the molecule is CCNC(=NCCCN(C(C)C)C(C)C)NCCOCC1CC1.I. The van der Waals surface area contributed by atoms with Gasteiger partial charge in [0.25, 0.3) is 0 Å². The molecule has 5 nitrogen and oxygen atoms in total. The molecule has 0 heterocycles. The Hall–Kier alpha value is -0.0800. The third-order valence-electron chi connectivity index (χ3n) is 4.10. The fourth-order valence-electron chi connectivity index (χ4n) is 2.67. The lowest BCUT2D eigenvalue weighted by atomic mass is 10.2. The van der Waals surface area contributed by atoms with E-state index < -0.39 is 0 Å². The molecule has 1 rings (SSSR count). The number of nitrogens with one attached hydrogen (secondary N) is 2. The number of hydrogen-bond donors (Lipinski definition) is 2. The van der Waals surface area contributed by atoms with E-state index in [2.05, 4.69) is 55.1 Å². The Labute approximate surface area is 166 Å². The van der Waals surface area contributed by atoms with Crippen LogP contribution in [0.3, 0.4) is 0 Å². The van der Waals surface area contributed by atoms with Crippen molar-refractivity contribution in [2.75, 3.05) is 39.4 Å². The Balaban J connectivity index is 0.00000529. The second-order valence-corrected chi connectivity index (χ2v) is 6.98. The second-order valence-electron chi connectivity index (χ2n) is 6.98. The van der Waals surface area contributed by atoms with Crippen molar-refractivity contribution in [2.24, 2.45) is 10.9 Å². The van der Waals surface area contributed by atoms with Gasteiger partial charge in [0.2, 0.25) is 0 Å². The number of ether oxygens (including phenoxy) is 1. The van der Waals surface area contributed by atoms with Crippen LogP contribution >= 0.6 is 24.0 Å². The molecule has 0 aromatic heterocycles. The molecule has 0 amide bonds. The molecule has 0 radical (unpaired) electrons. The molecule has 24 heavy (non-hydrogen) atoms. The van der Waals surface area contributed by atoms with E-state index in [1.807, 2.05) is 0 Å².